The van der Waals surface area contributed by atoms with Gasteiger partial charge in [-0.05, 0) is 12.1 Å². The van der Waals surface area contributed by atoms with Gasteiger partial charge in [0.2, 0.25) is 0 Å². The first kappa shape index (κ1) is 9.98. The highest BCUT2D eigenvalue weighted by Crippen LogP contribution is 2.39. The number of hydrogen-bond acceptors (Lipinski definition) is 4. The fourth-order valence-corrected chi connectivity index (χ4v) is 2.11. The van der Waals surface area contributed by atoms with Crippen molar-refractivity contribution in [3.63, 3.8) is 0 Å². The van der Waals surface area contributed by atoms with Crippen LogP contribution in [0.25, 0.3) is 10.4 Å². The highest BCUT2D eigenvalue weighted by molar-refractivity contribution is 7.13. The van der Waals surface area contributed by atoms with E-state index in [9.17, 15) is 0 Å². The maximum atomic E-state index is 5.31. The van der Waals surface area contributed by atoms with E-state index >= 15 is 0 Å². The molecule has 0 bridgehead atoms. The van der Waals surface area contributed by atoms with Crippen molar-refractivity contribution in [2.75, 3.05) is 14.2 Å². The molecule has 1 heterocycles. The molecule has 0 amide bonds. The lowest BCUT2D eigenvalue weighted by Gasteiger charge is -2.10. The van der Waals surface area contributed by atoms with Crippen LogP contribution >= 0.6 is 11.3 Å². The Morgan fingerprint density at radius 3 is 2.27 bits per heavy atom. The highest BCUT2D eigenvalue weighted by atomic mass is 32.1. The molecule has 0 saturated heterocycles. The second-order valence-electron chi connectivity index (χ2n) is 2.90. The first-order chi connectivity index (χ1) is 7.36. The van der Waals surface area contributed by atoms with Gasteiger partial charge in [-0.15, -0.1) is 11.3 Å². The molecule has 4 heteroatoms. The summed E-state index contributed by atoms with van der Waals surface area (Å²) in [6, 6.07) is 5.73. The SMILES string of the molecule is COc1cccc(OC)c1-c1cncs1. The van der Waals surface area contributed by atoms with E-state index in [0.717, 1.165) is 21.9 Å². The predicted molar refractivity (Wildman–Crippen MR) is 60.7 cm³/mol. The molecule has 0 aliphatic heterocycles. The van der Waals surface area contributed by atoms with E-state index in [2.05, 4.69) is 4.98 Å². The van der Waals surface area contributed by atoms with Gasteiger partial charge in [-0.2, -0.15) is 0 Å². The third kappa shape index (κ3) is 1.80. The Balaban J connectivity index is 2.61. The molecule has 0 saturated carbocycles. The summed E-state index contributed by atoms with van der Waals surface area (Å²) in [6.45, 7) is 0. The van der Waals surface area contributed by atoms with E-state index < -0.39 is 0 Å². The summed E-state index contributed by atoms with van der Waals surface area (Å²) in [5, 5.41) is 0. The van der Waals surface area contributed by atoms with E-state index in [0.29, 0.717) is 0 Å². The number of thiazole rings is 1. The van der Waals surface area contributed by atoms with Crippen molar-refractivity contribution in [2.24, 2.45) is 0 Å². The maximum Gasteiger partial charge on any atom is 0.131 e. The molecule has 0 spiro atoms. The molecule has 2 aromatic rings. The quantitative estimate of drug-likeness (QED) is 0.798. The number of aromatic nitrogens is 1. The third-order valence-corrected chi connectivity index (χ3v) is 2.90. The molecule has 0 aliphatic carbocycles. The molecule has 0 aliphatic rings. The molecule has 1 aromatic carbocycles. The molecule has 0 unspecified atom stereocenters. The minimum atomic E-state index is 0.804. The van der Waals surface area contributed by atoms with Gasteiger partial charge in [0.15, 0.2) is 0 Å². The number of hydrogen-bond donors (Lipinski definition) is 0. The Labute approximate surface area is 92.3 Å². The van der Waals surface area contributed by atoms with E-state index in [1.165, 1.54) is 0 Å². The first-order valence-corrected chi connectivity index (χ1v) is 5.34. The van der Waals surface area contributed by atoms with Gasteiger partial charge in [-0.3, -0.25) is 4.98 Å². The summed E-state index contributed by atoms with van der Waals surface area (Å²) in [7, 11) is 3.30. The topological polar surface area (TPSA) is 31.4 Å². The van der Waals surface area contributed by atoms with Crippen LogP contribution in [0, 0.1) is 0 Å². The Morgan fingerprint density at radius 1 is 1.13 bits per heavy atom. The van der Waals surface area contributed by atoms with Gasteiger partial charge in [0.05, 0.1) is 30.2 Å². The molecule has 3 nitrogen and oxygen atoms in total. The van der Waals surface area contributed by atoms with E-state index in [4.69, 9.17) is 9.47 Å². The van der Waals surface area contributed by atoms with Crippen molar-refractivity contribution < 1.29 is 9.47 Å². The largest absolute Gasteiger partial charge is 0.496 e. The van der Waals surface area contributed by atoms with Gasteiger partial charge >= 0.3 is 0 Å². The Morgan fingerprint density at radius 2 is 1.80 bits per heavy atom. The fourth-order valence-electron chi connectivity index (χ4n) is 1.43. The number of benzene rings is 1. The summed E-state index contributed by atoms with van der Waals surface area (Å²) in [5.41, 5.74) is 2.76. The van der Waals surface area contributed by atoms with Crippen LogP contribution in [0.2, 0.25) is 0 Å². The van der Waals surface area contributed by atoms with Crippen molar-refractivity contribution in [3.8, 4) is 21.9 Å². The molecule has 1 aromatic heterocycles. The van der Waals surface area contributed by atoms with Crippen LogP contribution in [0.4, 0.5) is 0 Å². The minimum absolute atomic E-state index is 0.804. The zero-order chi connectivity index (χ0) is 10.7. The average Bonchev–Trinajstić information content (AvgIpc) is 2.81. The lowest BCUT2D eigenvalue weighted by atomic mass is 10.1. The zero-order valence-electron chi connectivity index (χ0n) is 8.56. The van der Waals surface area contributed by atoms with Gasteiger partial charge in [0.25, 0.3) is 0 Å². The second-order valence-corrected chi connectivity index (χ2v) is 3.79. The van der Waals surface area contributed by atoms with Crippen molar-refractivity contribution in [1.29, 1.82) is 0 Å². The van der Waals surface area contributed by atoms with Crippen LogP contribution in [0.3, 0.4) is 0 Å². The monoisotopic (exact) mass is 221 g/mol. The van der Waals surface area contributed by atoms with Crippen molar-refractivity contribution >= 4 is 11.3 Å². The number of rotatable bonds is 3. The molecule has 78 valence electrons. The summed E-state index contributed by atoms with van der Waals surface area (Å²) in [4.78, 5) is 5.10. The summed E-state index contributed by atoms with van der Waals surface area (Å²) in [5.74, 6) is 1.61. The molecule has 0 atom stereocenters. The molecular weight excluding hydrogens is 210 g/mol. The Kier molecular flexibility index (Phi) is 2.87. The standard InChI is InChI=1S/C11H11NO2S/c1-13-8-4-3-5-9(14-2)11(8)10-6-12-7-15-10/h3-7H,1-2H3. The van der Waals surface area contributed by atoms with Crippen LogP contribution in [0.15, 0.2) is 29.9 Å². The number of ether oxygens (including phenoxy) is 2. The second kappa shape index (κ2) is 4.31. The van der Waals surface area contributed by atoms with Crippen LogP contribution in [0.5, 0.6) is 11.5 Å². The number of nitrogens with zero attached hydrogens (tertiary/aromatic N) is 1. The molecule has 0 radical (unpaired) electrons. The van der Waals surface area contributed by atoms with Gasteiger partial charge in [-0.1, -0.05) is 6.07 Å². The predicted octanol–water partition coefficient (Wildman–Crippen LogP) is 2.83. The highest BCUT2D eigenvalue weighted by Gasteiger charge is 2.12. The van der Waals surface area contributed by atoms with Gasteiger partial charge in [0, 0.05) is 6.20 Å². The maximum absolute atomic E-state index is 5.31. The molecule has 2 rings (SSSR count). The molecular formula is C11H11NO2S. The minimum Gasteiger partial charge on any atom is -0.496 e. The fraction of sp³-hybridized carbons (Fsp3) is 0.182. The average molecular weight is 221 g/mol. The van der Waals surface area contributed by atoms with E-state index in [1.807, 2.05) is 24.4 Å². The van der Waals surface area contributed by atoms with Crippen molar-refractivity contribution in [1.82, 2.24) is 4.98 Å². The van der Waals surface area contributed by atoms with Crippen LogP contribution in [-0.4, -0.2) is 19.2 Å². The Hall–Kier alpha value is -1.55. The number of methoxy groups -OCH3 is 2. The Bertz CT molecular complexity index is 418. The third-order valence-electron chi connectivity index (χ3n) is 2.11. The van der Waals surface area contributed by atoms with E-state index in [-0.39, 0.29) is 0 Å². The van der Waals surface area contributed by atoms with Crippen LogP contribution in [0.1, 0.15) is 0 Å². The molecule has 0 N–H and O–H groups in total. The summed E-state index contributed by atoms with van der Waals surface area (Å²) in [6.07, 6.45) is 1.81. The van der Waals surface area contributed by atoms with E-state index in [1.54, 1.807) is 31.1 Å². The van der Waals surface area contributed by atoms with Gasteiger partial charge in [-0.25, -0.2) is 0 Å². The van der Waals surface area contributed by atoms with Crippen LogP contribution in [-0.2, 0) is 0 Å². The van der Waals surface area contributed by atoms with Gasteiger partial charge in [0.1, 0.15) is 11.5 Å². The molecule has 0 fully saturated rings. The summed E-state index contributed by atoms with van der Waals surface area (Å²) < 4.78 is 10.6. The van der Waals surface area contributed by atoms with Crippen molar-refractivity contribution in [2.45, 2.75) is 0 Å². The lowest BCUT2D eigenvalue weighted by molar-refractivity contribution is 0.397. The first-order valence-electron chi connectivity index (χ1n) is 4.46. The summed E-state index contributed by atoms with van der Waals surface area (Å²) >= 11 is 1.56. The van der Waals surface area contributed by atoms with Crippen molar-refractivity contribution in [3.05, 3.63) is 29.9 Å². The normalized spacial score (nSPS) is 10.0. The lowest BCUT2D eigenvalue weighted by Crippen LogP contribution is -1.91. The molecule has 15 heavy (non-hydrogen) atoms. The zero-order valence-corrected chi connectivity index (χ0v) is 9.38. The van der Waals surface area contributed by atoms with Crippen LogP contribution < -0.4 is 9.47 Å². The van der Waals surface area contributed by atoms with Gasteiger partial charge < -0.3 is 9.47 Å². The smallest absolute Gasteiger partial charge is 0.131 e.